The summed E-state index contributed by atoms with van der Waals surface area (Å²) in [4.78, 5) is 19.2. The Kier molecular flexibility index (Phi) is 5.86. The molecule has 27 heavy (non-hydrogen) atoms. The average molecular weight is 364 g/mol. The van der Waals surface area contributed by atoms with Gasteiger partial charge >= 0.3 is 0 Å². The molecule has 0 aliphatic carbocycles. The molecule has 140 valence electrons. The Balaban J connectivity index is 1.72. The fourth-order valence-electron chi connectivity index (χ4n) is 3.06. The second-order valence-corrected chi connectivity index (χ2v) is 6.42. The van der Waals surface area contributed by atoms with E-state index in [4.69, 9.17) is 4.52 Å². The van der Waals surface area contributed by atoms with Crippen molar-refractivity contribution in [1.29, 1.82) is 0 Å². The first-order chi connectivity index (χ1) is 13.1. The second-order valence-electron chi connectivity index (χ2n) is 6.42. The zero-order valence-corrected chi connectivity index (χ0v) is 15.9. The number of pyridine rings is 1. The highest BCUT2D eigenvalue weighted by atomic mass is 16.5. The predicted molar refractivity (Wildman–Crippen MR) is 105 cm³/mol. The molecule has 0 atom stereocenters. The van der Waals surface area contributed by atoms with Crippen LogP contribution in [0.2, 0.25) is 0 Å². The van der Waals surface area contributed by atoms with Gasteiger partial charge < -0.3 is 14.7 Å². The van der Waals surface area contributed by atoms with E-state index >= 15 is 0 Å². The molecule has 6 heteroatoms. The van der Waals surface area contributed by atoms with Crippen LogP contribution >= 0.6 is 0 Å². The van der Waals surface area contributed by atoms with E-state index in [1.165, 1.54) is 5.56 Å². The monoisotopic (exact) mass is 364 g/mol. The summed E-state index contributed by atoms with van der Waals surface area (Å²) in [6, 6.07) is 14.1. The van der Waals surface area contributed by atoms with E-state index in [1.54, 1.807) is 13.1 Å². The fourth-order valence-corrected chi connectivity index (χ4v) is 3.06. The third kappa shape index (κ3) is 4.34. The number of amides is 1. The van der Waals surface area contributed by atoms with Gasteiger partial charge in [-0.15, -0.1) is 0 Å². The van der Waals surface area contributed by atoms with Gasteiger partial charge in [0.1, 0.15) is 17.1 Å². The topological polar surface area (TPSA) is 71.3 Å². The molecule has 0 bridgehead atoms. The number of aromatic nitrogens is 2. The van der Waals surface area contributed by atoms with Crippen LogP contribution in [0, 0.1) is 6.92 Å². The van der Waals surface area contributed by atoms with Crippen LogP contribution in [0.4, 0.5) is 5.82 Å². The molecule has 0 fully saturated rings. The predicted octanol–water partition coefficient (Wildman–Crippen LogP) is 3.51. The Morgan fingerprint density at radius 1 is 1.19 bits per heavy atom. The van der Waals surface area contributed by atoms with Gasteiger partial charge in [0.05, 0.1) is 5.69 Å². The molecule has 0 unspecified atom stereocenters. The van der Waals surface area contributed by atoms with Crippen LogP contribution in [-0.4, -0.2) is 23.1 Å². The number of anilines is 1. The molecule has 0 aliphatic heterocycles. The van der Waals surface area contributed by atoms with E-state index in [-0.39, 0.29) is 5.91 Å². The minimum atomic E-state index is -0.175. The molecule has 0 aliphatic rings. The number of carbonyl (C=O) groups excluding carboxylic acids is 1. The maximum Gasteiger partial charge on any atom is 0.257 e. The summed E-state index contributed by atoms with van der Waals surface area (Å²) in [5, 5.41) is 6.92. The summed E-state index contributed by atoms with van der Waals surface area (Å²) in [5.41, 5.74) is 3.36. The number of rotatable bonds is 7. The smallest absolute Gasteiger partial charge is 0.257 e. The highest BCUT2D eigenvalue weighted by molar-refractivity contribution is 5.96. The third-order valence-corrected chi connectivity index (χ3v) is 4.43. The highest BCUT2D eigenvalue weighted by Gasteiger charge is 2.19. The zero-order valence-electron chi connectivity index (χ0n) is 15.9. The first-order valence-corrected chi connectivity index (χ1v) is 9.02. The average Bonchev–Trinajstić information content (AvgIpc) is 3.07. The summed E-state index contributed by atoms with van der Waals surface area (Å²) in [5.74, 6) is 1.21. The molecule has 3 aromatic rings. The van der Waals surface area contributed by atoms with E-state index in [1.807, 2.05) is 44.3 Å². The van der Waals surface area contributed by atoms with Crippen molar-refractivity contribution in [1.82, 2.24) is 15.5 Å². The standard InChI is InChI=1S/C21H24N4O2/c1-4-18-19(15(2)27-24-18)21(26)23-13-17-11-8-12-22-20(17)25(3)14-16-9-6-5-7-10-16/h5-12H,4,13-14H2,1-3H3,(H,23,26). The largest absolute Gasteiger partial charge is 0.361 e. The van der Waals surface area contributed by atoms with Gasteiger partial charge in [-0.25, -0.2) is 4.98 Å². The first-order valence-electron chi connectivity index (χ1n) is 9.02. The van der Waals surface area contributed by atoms with Crippen LogP contribution in [0.1, 0.15) is 39.9 Å². The van der Waals surface area contributed by atoms with Crippen molar-refractivity contribution < 1.29 is 9.32 Å². The van der Waals surface area contributed by atoms with Gasteiger partial charge in [-0.1, -0.05) is 48.5 Å². The number of carbonyl (C=O) groups is 1. The van der Waals surface area contributed by atoms with Crippen LogP contribution in [0.25, 0.3) is 0 Å². The molecule has 3 rings (SSSR count). The van der Waals surface area contributed by atoms with Crippen LogP contribution in [0.15, 0.2) is 53.2 Å². The first kappa shape index (κ1) is 18.6. The van der Waals surface area contributed by atoms with Crippen molar-refractivity contribution in [3.63, 3.8) is 0 Å². The lowest BCUT2D eigenvalue weighted by Crippen LogP contribution is -2.26. The Morgan fingerprint density at radius 2 is 1.96 bits per heavy atom. The minimum Gasteiger partial charge on any atom is -0.361 e. The van der Waals surface area contributed by atoms with Crippen LogP contribution in [0.3, 0.4) is 0 Å². The van der Waals surface area contributed by atoms with Crippen molar-refractivity contribution >= 4 is 11.7 Å². The molecule has 0 saturated heterocycles. The number of benzene rings is 1. The summed E-state index contributed by atoms with van der Waals surface area (Å²) in [6.07, 6.45) is 2.42. The van der Waals surface area contributed by atoms with Crippen molar-refractivity contribution in [2.75, 3.05) is 11.9 Å². The molecule has 1 amide bonds. The Morgan fingerprint density at radius 3 is 2.70 bits per heavy atom. The van der Waals surface area contributed by atoms with Crippen molar-refractivity contribution in [2.24, 2.45) is 0 Å². The van der Waals surface area contributed by atoms with Crippen LogP contribution in [0.5, 0.6) is 0 Å². The van der Waals surface area contributed by atoms with Crippen molar-refractivity contribution in [3.05, 3.63) is 76.8 Å². The van der Waals surface area contributed by atoms with Crippen LogP contribution in [-0.2, 0) is 19.5 Å². The van der Waals surface area contributed by atoms with Crippen molar-refractivity contribution in [3.8, 4) is 0 Å². The Bertz CT molecular complexity index is 906. The maximum atomic E-state index is 12.6. The van der Waals surface area contributed by atoms with E-state index in [9.17, 15) is 4.79 Å². The molecule has 2 aromatic heterocycles. The summed E-state index contributed by atoms with van der Waals surface area (Å²) < 4.78 is 5.16. The molecule has 6 nitrogen and oxygen atoms in total. The fraction of sp³-hybridized carbons (Fsp3) is 0.286. The summed E-state index contributed by atoms with van der Waals surface area (Å²) in [7, 11) is 2.00. The zero-order chi connectivity index (χ0) is 19.2. The van der Waals surface area contributed by atoms with E-state index in [0.717, 1.165) is 17.9 Å². The third-order valence-electron chi connectivity index (χ3n) is 4.43. The Labute approximate surface area is 159 Å². The number of hydrogen-bond donors (Lipinski definition) is 1. The van der Waals surface area contributed by atoms with Crippen molar-refractivity contribution in [2.45, 2.75) is 33.4 Å². The number of aryl methyl sites for hydroxylation is 2. The lowest BCUT2D eigenvalue weighted by Gasteiger charge is -2.21. The molecule has 0 saturated carbocycles. The quantitative estimate of drug-likeness (QED) is 0.695. The maximum absolute atomic E-state index is 12.6. The molecule has 2 heterocycles. The molecular formula is C21H24N4O2. The number of nitrogens with zero attached hydrogens (tertiary/aromatic N) is 3. The van der Waals surface area contributed by atoms with Gasteiger partial charge in [-0.3, -0.25) is 4.79 Å². The molecule has 1 aromatic carbocycles. The van der Waals surface area contributed by atoms with Crippen LogP contribution < -0.4 is 10.2 Å². The molecule has 0 radical (unpaired) electrons. The lowest BCUT2D eigenvalue weighted by molar-refractivity contribution is 0.0948. The summed E-state index contributed by atoms with van der Waals surface area (Å²) >= 11 is 0. The SMILES string of the molecule is CCc1noc(C)c1C(=O)NCc1cccnc1N(C)Cc1ccccc1. The van der Waals surface area contributed by atoms with Gasteiger partial charge in [0.15, 0.2) is 0 Å². The minimum absolute atomic E-state index is 0.175. The van der Waals surface area contributed by atoms with Gasteiger partial charge in [-0.2, -0.15) is 0 Å². The van der Waals surface area contributed by atoms with E-state index in [0.29, 0.717) is 30.0 Å². The molecular weight excluding hydrogens is 340 g/mol. The van der Waals surface area contributed by atoms with E-state index in [2.05, 4.69) is 32.5 Å². The molecule has 1 N–H and O–H groups in total. The van der Waals surface area contributed by atoms with E-state index < -0.39 is 0 Å². The Hall–Kier alpha value is -3.15. The number of nitrogens with one attached hydrogen (secondary N) is 1. The molecule has 0 spiro atoms. The summed E-state index contributed by atoms with van der Waals surface area (Å²) in [6.45, 7) is 4.83. The second kappa shape index (κ2) is 8.49. The highest BCUT2D eigenvalue weighted by Crippen LogP contribution is 2.19. The van der Waals surface area contributed by atoms with Gasteiger partial charge in [0, 0.05) is 31.9 Å². The van der Waals surface area contributed by atoms with Gasteiger partial charge in [-0.05, 0) is 25.0 Å². The van der Waals surface area contributed by atoms with Gasteiger partial charge in [0.2, 0.25) is 0 Å². The number of hydrogen-bond acceptors (Lipinski definition) is 5. The van der Waals surface area contributed by atoms with Gasteiger partial charge in [0.25, 0.3) is 5.91 Å². The lowest BCUT2D eigenvalue weighted by atomic mass is 10.1. The normalized spacial score (nSPS) is 10.6.